The average molecular weight is 868 g/mol. The Morgan fingerprint density at radius 2 is 0.612 bits per heavy atom. The van der Waals surface area contributed by atoms with Gasteiger partial charge in [-0.05, 0) is 111 Å². The van der Waals surface area contributed by atoms with Gasteiger partial charge in [0.1, 0.15) is 29.1 Å². The van der Waals surface area contributed by atoms with Gasteiger partial charge >= 0.3 is 0 Å². The van der Waals surface area contributed by atoms with Gasteiger partial charge in [0.2, 0.25) is 0 Å². The highest BCUT2D eigenvalue weighted by atomic mass is 19.1. The molecule has 0 aliphatic carbocycles. The fourth-order valence-corrected chi connectivity index (χ4v) is 9.85. The fraction of sp³-hybridized carbons (Fsp3) is 0. The Labute approximate surface area is 384 Å². The van der Waals surface area contributed by atoms with Crippen molar-refractivity contribution < 1.29 is 13.2 Å². The van der Waals surface area contributed by atoms with Crippen molar-refractivity contribution in [3.05, 3.63) is 241 Å². The Morgan fingerprint density at radius 1 is 0.313 bits per heavy atom. The molecule has 0 unspecified atom stereocenters. The molecule has 0 bridgehead atoms. The topological polar surface area (TPSA) is 33.6 Å². The number of nitrogens with zero attached hydrogens (tertiary/aromatic N) is 3. The van der Waals surface area contributed by atoms with Crippen LogP contribution >= 0.6 is 0 Å². The van der Waals surface area contributed by atoms with Gasteiger partial charge in [-0.3, -0.25) is 0 Å². The van der Waals surface area contributed by atoms with Gasteiger partial charge in [0.05, 0.1) is 39.0 Å². The molecular weight excluding hydrogens is 832 g/mol. The van der Waals surface area contributed by atoms with E-state index in [1.807, 2.05) is 106 Å². The number of hydrogen-bond acceptors (Lipinski definition) is 1. The van der Waals surface area contributed by atoms with Gasteiger partial charge in [-0.25, -0.2) is 13.2 Å². The van der Waals surface area contributed by atoms with Crippen LogP contribution in [0.1, 0.15) is 5.56 Å². The molecule has 12 aromatic rings. The molecule has 0 N–H and O–H groups in total. The smallest absolute Gasteiger partial charge is 0.136 e. The standard InChI is InChI=1S/C61H36F3N3/c62-47-35-53(63)61(54(64)36-47)46-33-59(66-55-25-21-42(38-13-5-1-6-14-38)29-48(55)49-30-43(22-26-56(49)66)39-15-7-2-8-16-39)52(37-65)60(34-46)67-57-27-23-44(40-17-9-3-10-18-40)31-50(57)51-32-45(24-28-58(51)67)41-19-11-4-12-20-41/h1-36H. The molecule has 10 aromatic carbocycles. The molecule has 12 rings (SSSR count). The van der Waals surface area contributed by atoms with Crippen LogP contribution in [0.25, 0.3) is 111 Å². The minimum atomic E-state index is -1.05. The Morgan fingerprint density at radius 3 is 0.896 bits per heavy atom. The van der Waals surface area contributed by atoms with Gasteiger partial charge in [0, 0.05) is 33.7 Å². The number of aromatic nitrogens is 2. The quantitative estimate of drug-likeness (QED) is 0.157. The van der Waals surface area contributed by atoms with Crippen LogP contribution < -0.4 is 0 Å². The minimum Gasteiger partial charge on any atom is -0.308 e. The molecule has 0 aliphatic rings. The highest BCUT2D eigenvalue weighted by Gasteiger charge is 2.25. The highest BCUT2D eigenvalue weighted by Crippen LogP contribution is 2.44. The van der Waals surface area contributed by atoms with E-state index in [2.05, 4.69) is 103 Å². The number of rotatable bonds is 7. The summed E-state index contributed by atoms with van der Waals surface area (Å²) in [6.45, 7) is 0. The predicted octanol–water partition coefficient (Wildman–Crippen LogP) is 16.5. The Balaban J connectivity index is 1.20. The molecule has 3 nitrogen and oxygen atoms in total. The maximum atomic E-state index is 16.2. The average Bonchev–Trinajstić information content (AvgIpc) is 3.88. The second-order valence-electron chi connectivity index (χ2n) is 16.8. The van der Waals surface area contributed by atoms with Gasteiger partial charge in [0.15, 0.2) is 0 Å². The third kappa shape index (κ3) is 6.67. The Bertz CT molecular complexity index is 3500. The monoisotopic (exact) mass is 867 g/mol. The van der Waals surface area contributed by atoms with Crippen LogP contribution in [-0.4, -0.2) is 9.13 Å². The third-order valence-corrected chi connectivity index (χ3v) is 12.9. The first-order chi connectivity index (χ1) is 32.9. The molecule has 0 spiro atoms. The van der Waals surface area contributed by atoms with Crippen LogP contribution in [-0.2, 0) is 0 Å². The number of nitriles is 1. The van der Waals surface area contributed by atoms with E-state index < -0.39 is 23.0 Å². The molecule has 0 aliphatic heterocycles. The van der Waals surface area contributed by atoms with Gasteiger partial charge in [-0.2, -0.15) is 5.26 Å². The first-order valence-electron chi connectivity index (χ1n) is 22.0. The van der Waals surface area contributed by atoms with Gasteiger partial charge in [-0.15, -0.1) is 0 Å². The minimum absolute atomic E-state index is 0.146. The van der Waals surface area contributed by atoms with Gasteiger partial charge in [0.25, 0.3) is 0 Å². The van der Waals surface area contributed by atoms with E-state index in [9.17, 15) is 9.65 Å². The Kier molecular flexibility index (Phi) is 9.44. The Hall–Kier alpha value is -8.92. The summed E-state index contributed by atoms with van der Waals surface area (Å²) in [6.07, 6.45) is 0. The zero-order valence-electron chi connectivity index (χ0n) is 35.8. The molecule has 0 fully saturated rings. The van der Waals surface area contributed by atoms with Crippen molar-refractivity contribution in [2.75, 3.05) is 0 Å². The van der Waals surface area contributed by atoms with Crippen LogP contribution in [0.2, 0.25) is 0 Å². The molecule has 0 atom stereocenters. The maximum absolute atomic E-state index is 16.2. The van der Waals surface area contributed by atoms with E-state index in [-0.39, 0.29) is 11.1 Å². The molecule has 0 radical (unpaired) electrons. The first kappa shape index (κ1) is 39.7. The first-order valence-corrected chi connectivity index (χ1v) is 22.0. The highest BCUT2D eigenvalue weighted by molar-refractivity contribution is 6.14. The van der Waals surface area contributed by atoms with Gasteiger partial charge < -0.3 is 9.13 Å². The predicted molar refractivity (Wildman–Crippen MR) is 267 cm³/mol. The summed E-state index contributed by atoms with van der Waals surface area (Å²) >= 11 is 0. The lowest BCUT2D eigenvalue weighted by atomic mass is 9.98. The molecule has 2 heterocycles. The molecule has 67 heavy (non-hydrogen) atoms. The number of fused-ring (bicyclic) bond motifs is 6. The lowest BCUT2D eigenvalue weighted by Crippen LogP contribution is -2.06. The normalized spacial score (nSPS) is 11.5. The van der Waals surface area contributed by atoms with Crippen LogP contribution in [0, 0.1) is 28.8 Å². The molecule has 6 heteroatoms. The van der Waals surface area contributed by atoms with Crippen LogP contribution in [0.5, 0.6) is 0 Å². The van der Waals surface area contributed by atoms with Crippen molar-refractivity contribution in [1.82, 2.24) is 9.13 Å². The SMILES string of the molecule is N#Cc1c(-n2c3ccc(-c4ccccc4)cc3c3cc(-c4ccccc4)ccc32)cc(-c2c(F)cc(F)cc2F)cc1-n1c2ccc(-c3ccccc3)cc2c2cc(-c3ccccc3)ccc21. The fourth-order valence-electron chi connectivity index (χ4n) is 9.85. The summed E-state index contributed by atoms with van der Waals surface area (Å²) in [6, 6.07) is 73.0. The van der Waals surface area contributed by atoms with E-state index in [4.69, 9.17) is 0 Å². The molecular formula is C61H36F3N3. The van der Waals surface area contributed by atoms with E-state index in [1.54, 1.807) is 12.1 Å². The van der Waals surface area contributed by atoms with E-state index in [0.29, 0.717) is 23.5 Å². The zero-order valence-corrected chi connectivity index (χ0v) is 35.8. The molecule has 316 valence electrons. The van der Waals surface area contributed by atoms with Crippen molar-refractivity contribution in [2.24, 2.45) is 0 Å². The second-order valence-corrected chi connectivity index (χ2v) is 16.8. The van der Waals surface area contributed by atoms with E-state index >= 15 is 8.78 Å². The lowest BCUT2D eigenvalue weighted by Gasteiger charge is -2.19. The van der Waals surface area contributed by atoms with Crippen molar-refractivity contribution in [3.8, 4) is 73.1 Å². The molecule has 0 saturated heterocycles. The summed E-state index contributed by atoms with van der Waals surface area (Å²) in [5.41, 5.74) is 12.3. The largest absolute Gasteiger partial charge is 0.308 e. The summed E-state index contributed by atoms with van der Waals surface area (Å²) in [5.74, 6) is -3.13. The van der Waals surface area contributed by atoms with Crippen LogP contribution in [0.3, 0.4) is 0 Å². The van der Waals surface area contributed by atoms with Crippen molar-refractivity contribution in [3.63, 3.8) is 0 Å². The number of halogens is 3. The van der Waals surface area contributed by atoms with E-state index in [1.165, 1.54) is 0 Å². The van der Waals surface area contributed by atoms with E-state index in [0.717, 1.165) is 88.1 Å². The van der Waals surface area contributed by atoms with Crippen molar-refractivity contribution in [1.29, 1.82) is 5.26 Å². The van der Waals surface area contributed by atoms with Crippen LogP contribution in [0.4, 0.5) is 13.2 Å². The number of benzene rings is 10. The summed E-state index contributed by atoms with van der Waals surface area (Å²) in [5, 5.41) is 15.3. The summed E-state index contributed by atoms with van der Waals surface area (Å²) < 4.78 is 51.1. The van der Waals surface area contributed by atoms with Crippen molar-refractivity contribution in [2.45, 2.75) is 0 Å². The molecule has 2 aromatic heterocycles. The maximum Gasteiger partial charge on any atom is 0.136 e. The van der Waals surface area contributed by atoms with Crippen LogP contribution in [0.15, 0.2) is 218 Å². The third-order valence-electron chi connectivity index (χ3n) is 12.9. The second kappa shape index (κ2) is 16.0. The lowest BCUT2D eigenvalue weighted by molar-refractivity contribution is 0.548. The zero-order chi connectivity index (χ0) is 45.2. The summed E-state index contributed by atoms with van der Waals surface area (Å²) in [7, 11) is 0. The molecule has 0 amide bonds. The summed E-state index contributed by atoms with van der Waals surface area (Å²) in [4.78, 5) is 0. The van der Waals surface area contributed by atoms with Gasteiger partial charge in [-0.1, -0.05) is 146 Å². The number of hydrogen-bond donors (Lipinski definition) is 0. The molecule has 0 saturated carbocycles. The van der Waals surface area contributed by atoms with Crippen molar-refractivity contribution >= 4 is 43.6 Å².